The van der Waals surface area contributed by atoms with Gasteiger partial charge in [0.25, 0.3) is 0 Å². The Morgan fingerprint density at radius 3 is 2.94 bits per heavy atom. The molecular formula is C11H11N3O2. The summed E-state index contributed by atoms with van der Waals surface area (Å²) in [7, 11) is 0. The highest BCUT2D eigenvalue weighted by Crippen LogP contribution is 2.07. The highest BCUT2D eigenvalue weighted by atomic mass is 16.4. The molecule has 0 aliphatic carbocycles. The zero-order valence-electron chi connectivity index (χ0n) is 8.79. The average molecular weight is 217 g/mol. The largest absolute Gasteiger partial charge is 0.478 e. The molecule has 1 N–H and O–H groups in total. The van der Waals surface area contributed by atoms with E-state index in [1.807, 2.05) is 13.0 Å². The molecule has 5 nitrogen and oxygen atoms in total. The molecule has 0 fully saturated rings. The van der Waals surface area contributed by atoms with E-state index in [0.29, 0.717) is 6.54 Å². The standard InChI is InChI=1S/C11H11N3O2/c1-8-6-12-13-14(8)7-9-3-2-4-10(5-9)11(15)16/h2-6H,7H2,1H3,(H,15,16). The quantitative estimate of drug-likeness (QED) is 0.842. The van der Waals surface area contributed by atoms with Crippen LogP contribution in [0.4, 0.5) is 0 Å². The molecule has 5 heteroatoms. The lowest BCUT2D eigenvalue weighted by Crippen LogP contribution is -2.05. The van der Waals surface area contributed by atoms with Crippen LogP contribution in [0.1, 0.15) is 21.6 Å². The van der Waals surface area contributed by atoms with Gasteiger partial charge in [-0.1, -0.05) is 17.3 Å². The molecule has 0 saturated heterocycles. The number of hydrogen-bond donors (Lipinski definition) is 1. The lowest BCUT2D eigenvalue weighted by atomic mass is 10.1. The van der Waals surface area contributed by atoms with E-state index in [0.717, 1.165) is 11.3 Å². The number of carboxylic acid groups (broad SMARTS) is 1. The van der Waals surface area contributed by atoms with Gasteiger partial charge in [0, 0.05) is 0 Å². The number of aromatic nitrogens is 3. The van der Waals surface area contributed by atoms with Crippen LogP contribution in [0.5, 0.6) is 0 Å². The number of benzene rings is 1. The Morgan fingerprint density at radius 1 is 1.50 bits per heavy atom. The van der Waals surface area contributed by atoms with Crippen LogP contribution in [-0.2, 0) is 6.54 Å². The van der Waals surface area contributed by atoms with Crippen LogP contribution in [0.2, 0.25) is 0 Å². The number of carbonyl (C=O) groups is 1. The maximum absolute atomic E-state index is 10.8. The molecule has 0 spiro atoms. The van der Waals surface area contributed by atoms with Crippen molar-refractivity contribution in [2.24, 2.45) is 0 Å². The second kappa shape index (κ2) is 4.14. The van der Waals surface area contributed by atoms with Gasteiger partial charge in [0.05, 0.1) is 24.0 Å². The van der Waals surface area contributed by atoms with Crippen LogP contribution in [0, 0.1) is 6.92 Å². The van der Waals surface area contributed by atoms with Crippen molar-refractivity contribution in [2.45, 2.75) is 13.5 Å². The van der Waals surface area contributed by atoms with Gasteiger partial charge < -0.3 is 5.11 Å². The van der Waals surface area contributed by atoms with Crippen molar-refractivity contribution >= 4 is 5.97 Å². The second-order valence-electron chi connectivity index (χ2n) is 3.54. The topological polar surface area (TPSA) is 68.0 Å². The Bertz CT molecular complexity index is 519. The molecule has 2 rings (SSSR count). The van der Waals surface area contributed by atoms with E-state index in [9.17, 15) is 4.79 Å². The summed E-state index contributed by atoms with van der Waals surface area (Å²) in [5.74, 6) is -0.919. The Hall–Kier alpha value is -2.17. The Morgan fingerprint density at radius 2 is 2.31 bits per heavy atom. The number of aryl methyl sites for hydroxylation is 1. The predicted molar refractivity (Wildman–Crippen MR) is 57.3 cm³/mol. The van der Waals surface area contributed by atoms with Gasteiger partial charge in [-0.05, 0) is 24.6 Å². The fourth-order valence-electron chi connectivity index (χ4n) is 1.44. The van der Waals surface area contributed by atoms with Crippen molar-refractivity contribution in [2.75, 3.05) is 0 Å². The van der Waals surface area contributed by atoms with E-state index in [1.54, 1.807) is 29.1 Å². The monoisotopic (exact) mass is 217 g/mol. The molecule has 2 aromatic rings. The normalized spacial score (nSPS) is 10.3. The molecule has 16 heavy (non-hydrogen) atoms. The maximum Gasteiger partial charge on any atom is 0.335 e. The molecule has 0 aliphatic heterocycles. The fourth-order valence-corrected chi connectivity index (χ4v) is 1.44. The molecule has 0 atom stereocenters. The molecule has 82 valence electrons. The Kier molecular flexibility index (Phi) is 2.68. The fraction of sp³-hybridized carbons (Fsp3) is 0.182. The number of carboxylic acids is 1. The minimum absolute atomic E-state index is 0.287. The molecule has 0 aliphatic rings. The van der Waals surface area contributed by atoms with E-state index in [4.69, 9.17) is 5.11 Å². The first-order valence-corrected chi connectivity index (χ1v) is 4.84. The SMILES string of the molecule is Cc1cnnn1Cc1cccc(C(=O)O)c1. The molecular weight excluding hydrogens is 206 g/mol. The molecule has 1 aromatic heterocycles. The van der Waals surface area contributed by atoms with Crippen LogP contribution < -0.4 is 0 Å². The van der Waals surface area contributed by atoms with Gasteiger partial charge >= 0.3 is 5.97 Å². The van der Waals surface area contributed by atoms with Crippen molar-refractivity contribution in [3.63, 3.8) is 0 Å². The summed E-state index contributed by atoms with van der Waals surface area (Å²) in [6.07, 6.45) is 1.67. The third-order valence-corrected chi connectivity index (χ3v) is 2.32. The number of nitrogens with zero attached hydrogens (tertiary/aromatic N) is 3. The Balaban J connectivity index is 2.25. The summed E-state index contributed by atoms with van der Waals surface area (Å²) in [6.45, 7) is 2.44. The van der Waals surface area contributed by atoms with Gasteiger partial charge in [-0.3, -0.25) is 0 Å². The van der Waals surface area contributed by atoms with Gasteiger partial charge in [-0.15, -0.1) is 5.10 Å². The van der Waals surface area contributed by atoms with Crippen molar-refractivity contribution in [1.82, 2.24) is 15.0 Å². The highest BCUT2D eigenvalue weighted by molar-refractivity contribution is 5.87. The van der Waals surface area contributed by atoms with Gasteiger partial charge in [0.15, 0.2) is 0 Å². The highest BCUT2D eigenvalue weighted by Gasteiger charge is 2.05. The number of aromatic carboxylic acids is 1. The summed E-state index contributed by atoms with van der Waals surface area (Å²) >= 11 is 0. The van der Waals surface area contributed by atoms with Gasteiger partial charge in [0.2, 0.25) is 0 Å². The maximum atomic E-state index is 10.8. The molecule has 0 unspecified atom stereocenters. The lowest BCUT2D eigenvalue weighted by molar-refractivity contribution is 0.0696. The smallest absolute Gasteiger partial charge is 0.335 e. The summed E-state index contributed by atoms with van der Waals surface area (Å²) in [4.78, 5) is 10.8. The zero-order chi connectivity index (χ0) is 11.5. The van der Waals surface area contributed by atoms with Crippen molar-refractivity contribution in [3.8, 4) is 0 Å². The van der Waals surface area contributed by atoms with Crippen LogP contribution in [0.25, 0.3) is 0 Å². The first-order chi connectivity index (χ1) is 7.66. The summed E-state index contributed by atoms with van der Waals surface area (Å²) in [6, 6.07) is 6.81. The van der Waals surface area contributed by atoms with E-state index in [1.165, 1.54) is 0 Å². The zero-order valence-corrected chi connectivity index (χ0v) is 8.79. The molecule has 1 aromatic carbocycles. The third-order valence-electron chi connectivity index (χ3n) is 2.32. The van der Waals surface area contributed by atoms with Crippen molar-refractivity contribution in [3.05, 3.63) is 47.3 Å². The summed E-state index contributed by atoms with van der Waals surface area (Å²) in [5.41, 5.74) is 2.13. The Labute approximate surface area is 92.3 Å². The van der Waals surface area contributed by atoms with Crippen molar-refractivity contribution < 1.29 is 9.90 Å². The van der Waals surface area contributed by atoms with Gasteiger partial charge in [-0.25, -0.2) is 9.48 Å². The van der Waals surface area contributed by atoms with Crippen LogP contribution >= 0.6 is 0 Å². The van der Waals surface area contributed by atoms with Crippen LogP contribution in [-0.4, -0.2) is 26.1 Å². The summed E-state index contributed by atoms with van der Waals surface area (Å²) in [5, 5.41) is 16.5. The minimum Gasteiger partial charge on any atom is -0.478 e. The van der Waals surface area contributed by atoms with Gasteiger partial charge in [0.1, 0.15) is 0 Å². The molecule has 0 amide bonds. The van der Waals surface area contributed by atoms with Crippen LogP contribution in [0.15, 0.2) is 30.5 Å². The number of hydrogen-bond acceptors (Lipinski definition) is 3. The molecule has 0 radical (unpaired) electrons. The molecule has 0 saturated carbocycles. The molecule has 1 heterocycles. The van der Waals surface area contributed by atoms with E-state index < -0.39 is 5.97 Å². The third kappa shape index (κ3) is 2.08. The summed E-state index contributed by atoms with van der Waals surface area (Å²) < 4.78 is 1.72. The van der Waals surface area contributed by atoms with Crippen molar-refractivity contribution in [1.29, 1.82) is 0 Å². The molecule has 0 bridgehead atoms. The van der Waals surface area contributed by atoms with Crippen LogP contribution in [0.3, 0.4) is 0 Å². The van der Waals surface area contributed by atoms with E-state index in [-0.39, 0.29) is 5.56 Å². The predicted octanol–water partition coefficient (Wildman–Crippen LogP) is 1.33. The first-order valence-electron chi connectivity index (χ1n) is 4.84. The van der Waals surface area contributed by atoms with Gasteiger partial charge in [-0.2, -0.15) is 0 Å². The second-order valence-corrected chi connectivity index (χ2v) is 3.54. The lowest BCUT2D eigenvalue weighted by Gasteiger charge is -2.04. The average Bonchev–Trinajstić information content (AvgIpc) is 2.65. The van der Waals surface area contributed by atoms with E-state index in [2.05, 4.69) is 10.3 Å². The van der Waals surface area contributed by atoms with E-state index >= 15 is 0 Å². The minimum atomic E-state index is -0.919. The number of rotatable bonds is 3. The first kappa shape index (κ1) is 10.4.